The molecule has 0 saturated carbocycles. The van der Waals surface area contributed by atoms with Gasteiger partial charge in [-0.1, -0.05) is 6.07 Å². The summed E-state index contributed by atoms with van der Waals surface area (Å²) in [4.78, 5) is 17.2. The van der Waals surface area contributed by atoms with Gasteiger partial charge in [-0.05, 0) is 61.8 Å². The number of piperidine rings is 1. The fourth-order valence-electron chi connectivity index (χ4n) is 4.78. The van der Waals surface area contributed by atoms with Gasteiger partial charge < -0.3 is 19.5 Å². The number of ether oxygens (including phenoxy) is 1. The summed E-state index contributed by atoms with van der Waals surface area (Å²) in [6.45, 7) is 1.97. The van der Waals surface area contributed by atoms with Gasteiger partial charge in [-0.25, -0.2) is 4.98 Å². The van der Waals surface area contributed by atoms with E-state index in [1.807, 2.05) is 24.4 Å². The van der Waals surface area contributed by atoms with Gasteiger partial charge >= 0.3 is 0 Å². The Morgan fingerprint density at radius 1 is 0.917 bits per heavy atom. The lowest BCUT2D eigenvalue weighted by Crippen LogP contribution is -2.34. The molecule has 7 rings (SSSR count). The normalized spacial score (nSPS) is 14.6. The molecule has 0 amide bonds. The first kappa shape index (κ1) is 20.8. The van der Waals surface area contributed by atoms with E-state index in [1.54, 1.807) is 24.9 Å². The van der Waals surface area contributed by atoms with E-state index >= 15 is 0 Å². The molecule has 36 heavy (non-hydrogen) atoms. The summed E-state index contributed by atoms with van der Waals surface area (Å²) in [7, 11) is 0. The maximum Gasteiger partial charge on any atom is 0.159 e. The number of benzene rings is 1. The van der Waals surface area contributed by atoms with Crippen molar-refractivity contribution < 1.29 is 9.15 Å². The monoisotopic (exact) mass is 477 g/mol. The van der Waals surface area contributed by atoms with Crippen molar-refractivity contribution in [2.45, 2.75) is 18.9 Å². The van der Waals surface area contributed by atoms with Crippen LogP contribution in [0.4, 0.5) is 0 Å². The van der Waals surface area contributed by atoms with Crippen LogP contribution in [0.1, 0.15) is 12.8 Å². The number of pyridine rings is 2. The quantitative estimate of drug-likeness (QED) is 0.321. The zero-order chi connectivity index (χ0) is 23.9. The van der Waals surface area contributed by atoms with Crippen molar-refractivity contribution in [3.8, 4) is 39.7 Å². The molecular weight excluding hydrogens is 454 g/mol. The molecule has 0 radical (unpaired) electrons. The average molecular weight is 478 g/mol. The van der Waals surface area contributed by atoms with Gasteiger partial charge in [-0.3, -0.25) is 15.1 Å². The Kier molecular flexibility index (Phi) is 4.99. The highest BCUT2D eigenvalue weighted by Crippen LogP contribution is 2.33. The second kappa shape index (κ2) is 8.62. The number of rotatable bonds is 5. The number of hydrogen-bond donors (Lipinski definition) is 3. The lowest BCUT2D eigenvalue weighted by molar-refractivity contribution is 0.162. The largest absolute Gasteiger partial charge is 0.489 e. The Morgan fingerprint density at radius 2 is 1.86 bits per heavy atom. The molecule has 5 aromatic heterocycles. The standard InChI is InChI=1S/C27H23N7O2/c1-2-22-21(12-16(1)18-11-20(14-29-13-18)36-19-3-7-28-8-4-19)25(34-33-22)27-31-23-5-9-30-24(26(23)32-27)17-6-10-35-15-17/h1-2,5-6,9-15,19,28H,3-4,7-8H2,(H,31,32)(H,33,34). The number of aromatic amines is 2. The van der Waals surface area contributed by atoms with Crippen LogP contribution >= 0.6 is 0 Å². The molecule has 0 atom stereocenters. The SMILES string of the molecule is c1cc2[nH]c(-c3n[nH]c4ccc(-c5cncc(OC6CCNCC6)c5)cc34)nc2c(-c2ccoc2)n1. The van der Waals surface area contributed by atoms with E-state index in [4.69, 9.17) is 14.1 Å². The zero-order valence-corrected chi connectivity index (χ0v) is 19.4. The summed E-state index contributed by atoms with van der Waals surface area (Å²) in [5.41, 5.74) is 7.00. The predicted octanol–water partition coefficient (Wildman–Crippen LogP) is 4.95. The van der Waals surface area contributed by atoms with Crippen LogP contribution in [0, 0.1) is 0 Å². The number of furan rings is 1. The summed E-state index contributed by atoms with van der Waals surface area (Å²) in [6.07, 6.45) is 10.9. The highest BCUT2D eigenvalue weighted by atomic mass is 16.5. The van der Waals surface area contributed by atoms with Crippen molar-refractivity contribution in [3.63, 3.8) is 0 Å². The van der Waals surface area contributed by atoms with E-state index in [2.05, 4.69) is 48.7 Å². The summed E-state index contributed by atoms with van der Waals surface area (Å²) in [5, 5.41) is 12.0. The van der Waals surface area contributed by atoms with Gasteiger partial charge in [0.2, 0.25) is 0 Å². The molecule has 1 aliphatic rings. The van der Waals surface area contributed by atoms with Gasteiger partial charge in [0.05, 0.1) is 29.8 Å². The van der Waals surface area contributed by atoms with Gasteiger partial charge in [-0.15, -0.1) is 0 Å². The Hall–Kier alpha value is -4.50. The van der Waals surface area contributed by atoms with Crippen LogP contribution in [0.25, 0.3) is 55.8 Å². The third-order valence-corrected chi connectivity index (χ3v) is 6.62. The molecule has 1 saturated heterocycles. The number of nitrogens with zero attached hydrogens (tertiary/aromatic N) is 4. The number of hydrogen-bond acceptors (Lipinski definition) is 7. The summed E-state index contributed by atoms with van der Waals surface area (Å²) < 4.78 is 11.5. The Balaban J connectivity index is 1.26. The van der Waals surface area contributed by atoms with Crippen LogP contribution < -0.4 is 10.1 Å². The van der Waals surface area contributed by atoms with Crippen LogP contribution in [0.15, 0.2) is 71.9 Å². The molecule has 178 valence electrons. The fraction of sp³-hybridized carbons (Fsp3) is 0.185. The maximum atomic E-state index is 6.21. The maximum absolute atomic E-state index is 6.21. The molecule has 1 aliphatic heterocycles. The van der Waals surface area contributed by atoms with Crippen molar-refractivity contribution in [1.82, 2.24) is 35.5 Å². The van der Waals surface area contributed by atoms with Gasteiger partial charge in [0.15, 0.2) is 5.82 Å². The number of nitrogens with one attached hydrogen (secondary N) is 3. The smallest absolute Gasteiger partial charge is 0.159 e. The summed E-state index contributed by atoms with van der Waals surface area (Å²) in [5.74, 6) is 1.47. The molecular formula is C27H23N7O2. The van der Waals surface area contributed by atoms with Gasteiger partial charge in [-0.2, -0.15) is 5.10 Å². The first-order valence-electron chi connectivity index (χ1n) is 12.0. The number of fused-ring (bicyclic) bond motifs is 2. The molecule has 1 fully saturated rings. The second-order valence-electron chi connectivity index (χ2n) is 8.96. The van der Waals surface area contributed by atoms with E-state index < -0.39 is 0 Å². The minimum atomic E-state index is 0.223. The topological polar surface area (TPSA) is 118 Å². The molecule has 0 spiro atoms. The lowest BCUT2D eigenvalue weighted by Gasteiger charge is -2.23. The number of aromatic nitrogens is 6. The average Bonchev–Trinajstić information content (AvgIpc) is 3.68. The Bertz CT molecular complexity index is 1660. The van der Waals surface area contributed by atoms with E-state index in [-0.39, 0.29) is 6.10 Å². The first-order chi connectivity index (χ1) is 17.8. The highest BCUT2D eigenvalue weighted by Gasteiger charge is 2.18. The minimum absolute atomic E-state index is 0.223. The fourth-order valence-corrected chi connectivity index (χ4v) is 4.78. The molecule has 1 aromatic carbocycles. The molecule has 3 N–H and O–H groups in total. The van der Waals surface area contributed by atoms with Crippen molar-refractivity contribution >= 4 is 21.9 Å². The molecule has 0 unspecified atom stereocenters. The van der Waals surface area contributed by atoms with E-state index in [1.165, 1.54) is 0 Å². The zero-order valence-electron chi connectivity index (χ0n) is 19.4. The molecule has 9 nitrogen and oxygen atoms in total. The van der Waals surface area contributed by atoms with Gasteiger partial charge in [0.1, 0.15) is 28.8 Å². The van der Waals surface area contributed by atoms with Gasteiger partial charge in [0, 0.05) is 28.9 Å². The molecule has 6 heterocycles. The van der Waals surface area contributed by atoms with Crippen LogP contribution in [0.2, 0.25) is 0 Å². The number of H-pyrrole nitrogens is 2. The minimum Gasteiger partial charge on any atom is -0.489 e. The summed E-state index contributed by atoms with van der Waals surface area (Å²) in [6, 6.07) is 12.1. The molecule has 6 aromatic rings. The highest BCUT2D eigenvalue weighted by molar-refractivity contribution is 5.97. The lowest BCUT2D eigenvalue weighted by atomic mass is 10.0. The van der Waals surface area contributed by atoms with Crippen molar-refractivity contribution in [2.24, 2.45) is 0 Å². The first-order valence-corrected chi connectivity index (χ1v) is 12.0. The predicted molar refractivity (Wildman–Crippen MR) is 136 cm³/mol. The Labute approximate surface area is 206 Å². The van der Waals surface area contributed by atoms with Crippen LogP contribution in [-0.4, -0.2) is 49.3 Å². The van der Waals surface area contributed by atoms with E-state index in [0.29, 0.717) is 5.82 Å². The van der Waals surface area contributed by atoms with Crippen molar-refractivity contribution in [3.05, 3.63) is 67.5 Å². The Morgan fingerprint density at radius 3 is 2.75 bits per heavy atom. The van der Waals surface area contributed by atoms with Crippen LogP contribution in [-0.2, 0) is 0 Å². The number of imidazole rings is 1. The molecule has 0 bridgehead atoms. The van der Waals surface area contributed by atoms with Crippen LogP contribution in [0.5, 0.6) is 5.75 Å². The van der Waals surface area contributed by atoms with E-state index in [9.17, 15) is 0 Å². The third kappa shape index (κ3) is 3.70. The van der Waals surface area contributed by atoms with Crippen molar-refractivity contribution in [2.75, 3.05) is 13.1 Å². The second-order valence-corrected chi connectivity index (χ2v) is 8.96. The third-order valence-electron chi connectivity index (χ3n) is 6.62. The van der Waals surface area contributed by atoms with Gasteiger partial charge in [0.25, 0.3) is 0 Å². The summed E-state index contributed by atoms with van der Waals surface area (Å²) >= 11 is 0. The molecule has 0 aliphatic carbocycles. The molecule has 9 heteroatoms. The van der Waals surface area contributed by atoms with Crippen molar-refractivity contribution in [1.29, 1.82) is 0 Å². The van der Waals surface area contributed by atoms with Crippen LogP contribution in [0.3, 0.4) is 0 Å². The van der Waals surface area contributed by atoms with E-state index in [0.717, 1.165) is 81.7 Å².